The van der Waals surface area contributed by atoms with E-state index >= 15 is 0 Å². The summed E-state index contributed by atoms with van der Waals surface area (Å²) in [5, 5.41) is 30.8. The molecule has 1 fully saturated rings. The number of benzene rings is 2. The number of halogens is 4. The second-order valence-corrected chi connectivity index (χ2v) is 21.2. The first kappa shape index (κ1) is 55.6. The highest BCUT2D eigenvalue weighted by Crippen LogP contribution is 2.41. The Morgan fingerprint density at radius 3 is 1.67 bits per heavy atom. The molecule has 8 aromatic heterocycles. The number of rotatable bonds is 17. The number of hydrogen-bond donors (Lipinski definition) is 2. The van der Waals surface area contributed by atoms with Crippen molar-refractivity contribution in [3.63, 3.8) is 0 Å². The molecule has 1 saturated heterocycles. The Morgan fingerprint density at radius 1 is 0.659 bits per heavy atom. The van der Waals surface area contributed by atoms with Crippen molar-refractivity contribution in [2.45, 2.75) is 46.0 Å². The predicted octanol–water partition coefficient (Wildman–Crippen LogP) is 7.87. The molecule has 0 spiro atoms. The van der Waals surface area contributed by atoms with E-state index in [1.807, 2.05) is 10.9 Å². The first-order valence-corrected chi connectivity index (χ1v) is 26.9. The average Bonchev–Trinajstić information content (AvgIpc) is 4.46. The van der Waals surface area contributed by atoms with Crippen molar-refractivity contribution in [3.8, 4) is 57.0 Å². The Hall–Kier alpha value is -9.71. The topological polar surface area (TPSA) is 264 Å². The van der Waals surface area contributed by atoms with Gasteiger partial charge in [0.1, 0.15) is 45.5 Å². The molecule has 1 atom stereocenters. The summed E-state index contributed by atoms with van der Waals surface area (Å²) >= 11 is 0. The minimum absolute atomic E-state index is 0.0761. The molecular weight excluding hydrogens is 1100 g/mol. The van der Waals surface area contributed by atoms with Crippen LogP contribution >= 0.6 is 0 Å². The zero-order chi connectivity index (χ0) is 57.9. The van der Waals surface area contributed by atoms with E-state index in [1.165, 1.54) is 79.7 Å². The number of nitrogens with zero attached hydrogens (tertiary/aromatic N) is 15. The number of hydrogen-bond acceptors (Lipinski definition) is 17. The predicted molar refractivity (Wildman–Crippen MR) is 287 cm³/mol. The van der Waals surface area contributed by atoms with Crippen LogP contribution in [0.15, 0.2) is 123 Å². The molecule has 1 aliphatic rings. The molecule has 82 heavy (non-hydrogen) atoms. The third kappa shape index (κ3) is 12.8. The van der Waals surface area contributed by atoms with Gasteiger partial charge >= 0.3 is 13.2 Å². The van der Waals surface area contributed by atoms with Crippen molar-refractivity contribution >= 4 is 44.5 Å². The molecule has 0 aliphatic carbocycles. The van der Waals surface area contributed by atoms with Crippen LogP contribution < -0.4 is 29.6 Å². The number of alkyl halides is 4. The lowest BCUT2D eigenvalue weighted by atomic mass is 9.83. The van der Waals surface area contributed by atoms with Crippen LogP contribution in [0.4, 0.5) is 28.9 Å². The monoisotopic (exact) mass is 1150 g/mol. The fourth-order valence-electron chi connectivity index (χ4n) is 9.13. The lowest BCUT2D eigenvalue weighted by Gasteiger charge is -2.27. The number of amides is 2. The molecule has 2 aromatic carbocycles. The Balaban J connectivity index is 0.000000186. The maximum atomic E-state index is 13.4. The molecule has 10 aromatic rings. The number of aryl methyl sites for hydroxylation is 2. The molecule has 0 radical (unpaired) electrons. The zero-order valence-corrected chi connectivity index (χ0v) is 45.2. The van der Waals surface area contributed by atoms with Crippen molar-refractivity contribution in [3.05, 3.63) is 134 Å². The number of nitrogens with one attached hydrogen (secondary N) is 2. The maximum absolute atomic E-state index is 13.4. The van der Waals surface area contributed by atoms with Crippen LogP contribution in [0.1, 0.15) is 46.9 Å². The first-order valence-electron chi connectivity index (χ1n) is 25.0. The van der Waals surface area contributed by atoms with Crippen molar-refractivity contribution in [1.29, 1.82) is 0 Å². The molecule has 2 amide bonds. The van der Waals surface area contributed by atoms with E-state index in [9.17, 15) is 35.6 Å². The fourth-order valence-corrected chi connectivity index (χ4v) is 9.64. The van der Waals surface area contributed by atoms with Gasteiger partial charge in [0.2, 0.25) is 0 Å². The molecule has 25 nitrogen and oxygen atoms in total. The van der Waals surface area contributed by atoms with E-state index < -0.39 is 35.1 Å². The fraction of sp³-hybridized carbons (Fsp3) is 0.269. The first-order chi connectivity index (χ1) is 39.2. The summed E-state index contributed by atoms with van der Waals surface area (Å²) in [6.07, 6.45) is 22.3. The molecular formula is C52H51F4N17O8S. The third-order valence-electron chi connectivity index (χ3n) is 13.0. The van der Waals surface area contributed by atoms with Gasteiger partial charge in [-0.2, -0.15) is 52.2 Å². The van der Waals surface area contributed by atoms with Crippen LogP contribution in [0.25, 0.3) is 33.8 Å². The van der Waals surface area contributed by atoms with E-state index in [-0.39, 0.29) is 73.4 Å². The standard InChI is InChI=1S/C30H33F2N9O3.C22H18F2N8O5S/c1-30(8-4-11-38(2)13-9-30)19-40-17-21(15-34-40)43-20-6-7-25(44-29(31)32)22(14-20)26-24(18-39(3)37-26)36-28(42)23-16-35-41-12-5-10-33-27(23)41;1-30-12-17(28-21(33)16-10-26-31-7-3-6-25-20(16)31)19(29-30)15-8-13(4-5-18(15)37-22(23)24)36-14-9-27-32(11-14)38(2,34)35/h5-7,10,12,14-18,29H,4,8-9,11,13,19H2,1-3H3,(H,36,42);3-12,22H,1-2H3,(H,28,33). The van der Waals surface area contributed by atoms with Crippen LogP contribution in [-0.2, 0) is 30.7 Å². The largest absolute Gasteiger partial charge is 0.454 e. The number of fused-ring (bicyclic) bond motifs is 2. The van der Waals surface area contributed by atoms with Gasteiger partial charge in [-0.25, -0.2) is 27.4 Å². The summed E-state index contributed by atoms with van der Waals surface area (Å²) in [5.74, 6) is -0.306. The van der Waals surface area contributed by atoms with Crippen molar-refractivity contribution in [2.75, 3.05) is 37.0 Å². The number of anilines is 2. The molecule has 0 saturated carbocycles. The van der Waals surface area contributed by atoms with Crippen LogP contribution in [-0.4, -0.2) is 132 Å². The Morgan fingerprint density at radius 2 is 1.17 bits per heavy atom. The van der Waals surface area contributed by atoms with Gasteiger partial charge < -0.3 is 34.5 Å². The number of aromatic nitrogens is 14. The van der Waals surface area contributed by atoms with Crippen LogP contribution in [0.3, 0.4) is 0 Å². The van der Waals surface area contributed by atoms with Gasteiger partial charge in [-0.1, -0.05) is 6.92 Å². The number of carbonyl (C=O) groups excluding carboxylic acids is 2. The Bertz CT molecular complexity index is 4060. The lowest BCUT2D eigenvalue weighted by Crippen LogP contribution is -2.26. The molecule has 426 valence electrons. The smallest absolute Gasteiger partial charge is 0.387 e. The lowest BCUT2D eigenvalue weighted by molar-refractivity contribution is -0.0501. The molecule has 9 heterocycles. The maximum Gasteiger partial charge on any atom is 0.387 e. The highest BCUT2D eigenvalue weighted by Gasteiger charge is 2.29. The molecule has 0 bridgehead atoms. The SMILES string of the molecule is CN1CCCC(C)(Cn2cc(Oc3ccc(OC(F)F)c(-c4nn(C)cc4NC(=O)c4cnn5cccnc45)c3)cn2)CC1.Cn1cc(NC(=O)c2cnn3cccnc23)c(-c2cc(Oc3cnn(S(C)(=O)=O)c3)ccc2OC(F)F)n1. The molecule has 30 heteroatoms. The second kappa shape index (κ2) is 23.2. The van der Waals surface area contributed by atoms with E-state index in [2.05, 4.69) is 74.8 Å². The number of likely N-dealkylation sites (tertiary alicyclic amines) is 1. The highest BCUT2D eigenvalue weighted by atomic mass is 32.2. The van der Waals surface area contributed by atoms with Gasteiger partial charge in [0.25, 0.3) is 21.8 Å². The minimum Gasteiger partial charge on any atom is -0.454 e. The van der Waals surface area contributed by atoms with Crippen LogP contribution in [0, 0.1) is 5.41 Å². The van der Waals surface area contributed by atoms with E-state index in [4.69, 9.17) is 14.2 Å². The molecule has 11 rings (SSSR count). The summed E-state index contributed by atoms with van der Waals surface area (Å²) < 4.78 is 106. The summed E-state index contributed by atoms with van der Waals surface area (Å²) in [5.41, 5.74) is 2.31. The van der Waals surface area contributed by atoms with Gasteiger partial charge in [-0.3, -0.25) is 23.6 Å². The summed E-state index contributed by atoms with van der Waals surface area (Å²) in [6.45, 7) is -1.03. The van der Waals surface area contributed by atoms with Gasteiger partial charge in [0, 0.05) is 57.8 Å². The van der Waals surface area contributed by atoms with Gasteiger partial charge in [-0.05, 0) is 93.3 Å². The van der Waals surface area contributed by atoms with Crippen molar-refractivity contribution in [1.82, 2.24) is 72.6 Å². The van der Waals surface area contributed by atoms with Crippen LogP contribution in [0.2, 0.25) is 0 Å². The van der Waals surface area contributed by atoms with E-state index in [0.29, 0.717) is 22.8 Å². The van der Waals surface area contributed by atoms with Gasteiger partial charge in [0.15, 0.2) is 22.8 Å². The van der Waals surface area contributed by atoms with Crippen molar-refractivity contribution in [2.24, 2.45) is 19.5 Å². The zero-order valence-electron chi connectivity index (χ0n) is 44.3. The third-order valence-corrected chi connectivity index (χ3v) is 13.8. The number of carbonyl (C=O) groups is 2. The summed E-state index contributed by atoms with van der Waals surface area (Å²) in [4.78, 5) is 37.0. The normalized spacial score (nSPS) is 14.9. The summed E-state index contributed by atoms with van der Waals surface area (Å²) in [6, 6.07) is 11.8. The van der Waals surface area contributed by atoms with Gasteiger partial charge in [-0.15, -0.1) is 0 Å². The molecule has 1 unspecified atom stereocenters. The highest BCUT2D eigenvalue weighted by molar-refractivity contribution is 7.89. The second-order valence-electron chi connectivity index (χ2n) is 19.4. The molecule has 1 aliphatic heterocycles. The van der Waals surface area contributed by atoms with E-state index in [0.717, 1.165) is 55.4 Å². The molecule has 2 N–H and O–H groups in total. The quantitative estimate of drug-likeness (QED) is 0.0821. The Labute approximate surface area is 463 Å². The summed E-state index contributed by atoms with van der Waals surface area (Å²) in [7, 11) is 1.76. The van der Waals surface area contributed by atoms with Crippen LogP contribution in [0.5, 0.6) is 34.5 Å². The number of ether oxygens (including phenoxy) is 4. The van der Waals surface area contributed by atoms with E-state index in [1.54, 1.807) is 63.3 Å². The van der Waals surface area contributed by atoms with Crippen molar-refractivity contribution < 1.29 is 54.5 Å². The van der Waals surface area contributed by atoms with Gasteiger partial charge in [0.05, 0.1) is 65.9 Å². The average molecular weight is 1150 g/mol. The Kier molecular flexibility index (Phi) is 15.7. The minimum atomic E-state index is -3.63.